The highest BCUT2D eigenvalue weighted by Crippen LogP contribution is 2.51. The molecule has 1 aliphatic rings. The molecule has 0 spiro atoms. The number of carboxylic acids is 1. The van der Waals surface area contributed by atoms with Gasteiger partial charge in [-0.3, -0.25) is 19.2 Å². The molecule has 35 heavy (non-hydrogen) atoms. The number of hydrogen-bond donors (Lipinski definition) is 1. The molecule has 0 heterocycles. The van der Waals surface area contributed by atoms with Gasteiger partial charge in [0.25, 0.3) is 0 Å². The molecule has 0 amide bonds. The molecule has 168 valence electrons. The molecule has 0 aliphatic heterocycles. The fourth-order valence-electron chi connectivity index (χ4n) is 4.98. The van der Waals surface area contributed by atoms with Crippen molar-refractivity contribution in [3.63, 3.8) is 0 Å². The lowest BCUT2D eigenvalue weighted by Gasteiger charge is -2.27. The summed E-state index contributed by atoms with van der Waals surface area (Å²) in [5.41, 5.74) is 3.05. The van der Waals surface area contributed by atoms with Gasteiger partial charge in [0.2, 0.25) is 0 Å². The first-order valence-electron chi connectivity index (χ1n) is 10.7. The Kier molecular flexibility index (Phi) is 5.26. The molecule has 6 nitrogen and oxygen atoms in total. The van der Waals surface area contributed by atoms with Crippen molar-refractivity contribution in [2.24, 2.45) is 0 Å². The van der Waals surface area contributed by atoms with Crippen molar-refractivity contribution in [2.75, 3.05) is 0 Å². The Morgan fingerprint density at radius 1 is 0.486 bits per heavy atom. The molecule has 1 N–H and O–H groups in total. The molecule has 6 heteroatoms. The van der Waals surface area contributed by atoms with Gasteiger partial charge in [-0.15, -0.1) is 0 Å². The number of benzene rings is 4. The molecule has 0 radical (unpaired) electrons. The maximum Gasteiger partial charge on any atom is 0.336 e. The van der Waals surface area contributed by atoms with E-state index in [0.29, 0.717) is 36.3 Å². The largest absolute Gasteiger partial charge is 0.478 e. The molecule has 0 unspecified atom stereocenters. The van der Waals surface area contributed by atoms with E-state index in [2.05, 4.69) is 0 Å². The maximum atomic E-state index is 12.5. The third-order valence-corrected chi connectivity index (χ3v) is 6.38. The number of carbonyl (C=O) groups is 5. The summed E-state index contributed by atoms with van der Waals surface area (Å²) < 4.78 is 0. The highest BCUT2D eigenvalue weighted by atomic mass is 16.4. The van der Waals surface area contributed by atoms with Gasteiger partial charge in [-0.2, -0.15) is 0 Å². The number of carboxylic acid groups (broad SMARTS) is 1. The van der Waals surface area contributed by atoms with Crippen LogP contribution in [0.3, 0.4) is 0 Å². The second-order valence-corrected chi connectivity index (χ2v) is 8.00. The average molecular weight is 460 g/mol. The van der Waals surface area contributed by atoms with Gasteiger partial charge in [0.05, 0.1) is 5.56 Å². The minimum atomic E-state index is -1.24. The molecule has 0 saturated carbocycles. The molecule has 5 rings (SSSR count). The van der Waals surface area contributed by atoms with Gasteiger partial charge in [-0.05, 0) is 33.9 Å². The first-order valence-corrected chi connectivity index (χ1v) is 10.7. The highest BCUT2D eigenvalue weighted by Gasteiger charge is 2.32. The summed E-state index contributed by atoms with van der Waals surface area (Å²) in [6, 6.07) is 19.3. The predicted molar refractivity (Wildman–Crippen MR) is 130 cm³/mol. The van der Waals surface area contributed by atoms with Crippen molar-refractivity contribution in [3.8, 4) is 44.5 Å². The van der Waals surface area contributed by atoms with E-state index in [1.807, 2.05) is 36.4 Å². The van der Waals surface area contributed by atoms with Crippen molar-refractivity contribution in [1.29, 1.82) is 0 Å². The minimum Gasteiger partial charge on any atom is -0.478 e. The van der Waals surface area contributed by atoms with E-state index in [0.717, 1.165) is 16.7 Å². The Labute approximate surface area is 199 Å². The maximum absolute atomic E-state index is 12.5. The van der Waals surface area contributed by atoms with Crippen LogP contribution in [0.4, 0.5) is 0 Å². The van der Waals surface area contributed by atoms with Crippen LogP contribution in [0.1, 0.15) is 51.8 Å². The Morgan fingerprint density at radius 3 is 1.43 bits per heavy atom. The Balaban J connectivity index is 2.19. The summed E-state index contributed by atoms with van der Waals surface area (Å²) in [4.78, 5) is 61.5. The molecule has 0 fully saturated rings. The van der Waals surface area contributed by atoms with E-state index < -0.39 is 5.97 Å². The molecule has 0 saturated heterocycles. The zero-order valence-electron chi connectivity index (χ0n) is 18.1. The summed E-state index contributed by atoms with van der Waals surface area (Å²) in [6.07, 6.45) is 1.63. The van der Waals surface area contributed by atoms with E-state index in [1.54, 1.807) is 24.3 Å². The average Bonchev–Trinajstić information content (AvgIpc) is 2.90. The number of aldehydes is 4. The van der Waals surface area contributed by atoms with E-state index >= 15 is 0 Å². The van der Waals surface area contributed by atoms with Crippen LogP contribution in [-0.4, -0.2) is 36.2 Å². The zero-order chi connectivity index (χ0) is 24.7. The van der Waals surface area contributed by atoms with Crippen molar-refractivity contribution in [1.82, 2.24) is 0 Å². The molecular formula is C29H16O6. The fourth-order valence-corrected chi connectivity index (χ4v) is 4.98. The number of aromatic carboxylic acids is 1. The summed E-state index contributed by atoms with van der Waals surface area (Å²) in [5, 5.41) is 10.1. The van der Waals surface area contributed by atoms with Gasteiger partial charge < -0.3 is 5.11 Å². The smallest absolute Gasteiger partial charge is 0.336 e. The third-order valence-electron chi connectivity index (χ3n) is 6.38. The normalized spacial score (nSPS) is 11.0. The number of fused-ring (bicyclic) bond motifs is 8. The van der Waals surface area contributed by atoms with Crippen LogP contribution < -0.4 is 0 Å². The Bertz CT molecular complexity index is 1600. The first kappa shape index (κ1) is 21.9. The molecule has 4 aromatic rings. The first-order chi connectivity index (χ1) is 17.1. The third kappa shape index (κ3) is 3.08. The van der Waals surface area contributed by atoms with Gasteiger partial charge in [-0.1, -0.05) is 60.7 Å². The zero-order valence-corrected chi connectivity index (χ0v) is 18.1. The van der Waals surface area contributed by atoms with E-state index in [1.165, 1.54) is 6.07 Å². The van der Waals surface area contributed by atoms with Gasteiger partial charge >= 0.3 is 5.97 Å². The molecule has 4 aromatic carbocycles. The molecular weight excluding hydrogens is 444 g/mol. The number of hydrogen-bond acceptors (Lipinski definition) is 5. The van der Waals surface area contributed by atoms with E-state index in [9.17, 15) is 29.1 Å². The number of rotatable bonds is 5. The molecule has 0 bridgehead atoms. The summed E-state index contributed by atoms with van der Waals surface area (Å²) >= 11 is 0. The Hall–Kier alpha value is -4.97. The molecule has 0 atom stereocenters. The lowest BCUT2D eigenvalue weighted by atomic mass is 9.74. The van der Waals surface area contributed by atoms with Crippen molar-refractivity contribution in [3.05, 3.63) is 94.5 Å². The second kappa shape index (κ2) is 8.43. The van der Waals surface area contributed by atoms with Crippen LogP contribution in [-0.2, 0) is 0 Å². The van der Waals surface area contributed by atoms with Crippen LogP contribution >= 0.6 is 0 Å². The second-order valence-electron chi connectivity index (χ2n) is 8.00. The molecule has 1 aliphatic carbocycles. The van der Waals surface area contributed by atoms with E-state index in [4.69, 9.17) is 0 Å². The standard InChI is InChI=1S/C29H16O6/c30-12-22-23(13-31)25(15-33)28-26-20(10-5-11-21(26)29(34)35)18-7-2-1-6-16(18)17-8-3-4-9-19(17)27(28)24(22)14-32/h1-15H,(H,34,35). The minimum absolute atomic E-state index is 0.0827. The summed E-state index contributed by atoms with van der Waals surface area (Å²) in [7, 11) is 0. The topological polar surface area (TPSA) is 106 Å². The monoisotopic (exact) mass is 460 g/mol. The van der Waals surface area contributed by atoms with E-state index in [-0.39, 0.29) is 44.5 Å². The van der Waals surface area contributed by atoms with Crippen molar-refractivity contribution >= 4 is 31.1 Å². The lowest BCUT2D eigenvalue weighted by Crippen LogP contribution is -2.12. The summed E-state index contributed by atoms with van der Waals surface area (Å²) in [6.45, 7) is 0. The van der Waals surface area contributed by atoms with Crippen LogP contribution in [0.25, 0.3) is 44.5 Å². The van der Waals surface area contributed by atoms with Gasteiger partial charge in [0.1, 0.15) is 0 Å². The van der Waals surface area contributed by atoms with Crippen LogP contribution in [0.15, 0.2) is 66.7 Å². The van der Waals surface area contributed by atoms with Crippen LogP contribution in [0, 0.1) is 0 Å². The quantitative estimate of drug-likeness (QED) is 0.342. The SMILES string of the molecule is O=Cc1c(C=O)c(C=O)c2c(c1C=O)-c1ccccc1-c1ccccc1-c1cccc(C(=O)O)c1-2. The lowest BCUT2D eigenvalue weighted by molar-refractivity contribution is 0.0697. The Morgan fingerprint density at radius 2 is 0.914 bits per heavy atom. The fraction of sp³-hybridized carbons (Fsp3) is 0. The highest BCUT2D eigenvalue weighted by molar-refractivity contribution is 6.19. The van der Waals surface area contributed by atoms with Crippen molar-refractivity contribution in [2.45, 2.75) is 0 Å². The predicted octanol–water partition coefficient (Wildman–Crippen LogP) is 5.62. The van der Waals surface area contributed by atoms with Gasteiger partial charge in [0, 0.05) is 38.9 Å². The number of carbonyl (C=O) groups excluding carboxylic acids is 4. The van der Waals surface area contributed by atoms with Gasteiger partial charge in [0.15, 0.2) is 25.1 Å². The van der Waals surface area contributed by atoms with Crippen LogP contribution in [0.5, 0.6) is 0 Å². The molecule has 0 aromatic heterocycles. The van der Waals surface area contributed by atoms with Crippen molar-refractivity contribution < 1.29 is 29.1 Å². The van der Waals surface area contributed by atoms with Gasteiger partial charge in [-0.25, -0.2) is 4.79 Å². The van der Waals surface area contributed by atoms with Crippen LogP contribution in [0.2, 0.25) is 0 Å². The summed E-state index contributed by atoms with van der Waals surface area (Å²) in [5.74, 6) is -1.24.